The van der Waals surface area contributed by atoms with Crippen molar-refractivity contribution >= 4 is 23.2 Å². The molecule has 0 aromatic heterocycles. The Morgan fingerprint density at radius 2 is 1.93 bits per heavy atom. The first-order valence-corrected chi connectivity index (χ1v) is 10.4. The van der Waals surface area contributed by atoms with Gasteiger partial charge in [0, 0.05) is 44.5 Å². The molecule has 1 atom stereocenters. The highest BCUT2D eigenvalue weighted by molar-refractivity contribution is 6.31. The summed E-state index contributed by atoms with van der Waals surface area (Å²) in [6, 6.07) is 15.8. The first kappa shape index (κ1) is 21.6. The third-order valence-corrected chi connectivity index (χ3v) is 5.44. The molecule has 1 heterocycles. The zero-order valence-corrected chi connectivity index (χ0v) is 17.9. The Labute approximate surface area is 178 Å². The van der Waals surface area contributed by atoms with Crippen molar-refractivity contribution in [1.29, 1.82) is 0 Å². The summed E-state index contributed by atoms with van der Waals surface area (Å²) in [4.78, 5) is 16.8. The normalized spacial score (nSPS) is 16.0. The van der Waals surface area contributed by atoms with E-state index in [0.717, 1.165) is 36.3 Å². The molecule has 156 valence electrons. The summed E-state index contributed by atoms with van der Waals surface area (Å²) in [5.74, 6) is -0.0377. The van der Waals surface area contributed by atoms with Crippen LogP contribution in [-0.2, 0) is 27.4 Å². The Morgan fingerprint density at radius 3 is 2.59 bits per heavy atom. The molecule has 1 fully saturated rings. The van der Waals surface area contributed by atoms with Crippen LogP contribution in [0, 0.1) is 0 Å². The van der Waals surface area contributed by atoms with Gasteiger partial charge in [-0.3, -0.25) is 4.79 Å². The van der Waals surface area contributed by atoms with E-state index in [4.69, 9.17) is 21.1 Å². The fraction of sp³-hybridized carbons (Fsp3) is 0.435. The molecule has 5 nitrogen and oxygen atoms in total. The monoisotopic (exact) mass is 416 g/mol. The Balaban J connectivity index is 1.60. The van der Waals surface area contributed by atoms with E-state index in [0.29, 0.717) is 24.7 Å². The van der Waals surface area contributed by atoms with Crippen LogP contribution in [0.2, 0.25) is 5.02 Å². The minimum absolute atomic E-state index is 0.0216. The fourth-order valence-electron chi connectivity index (χ4n) is 3.36. The van der Waals surface area contributed by atoms with Gasteiger partial charge in [-0.15, -0.1) is 0 Å². The van der Waals surface area contributed by atoms with E-state index in [2.05, 4.69) is 29.2 Å². The second-order valence-corrected chi connectivity index (χ2v) is 7.96. The van der Waals surface area contributed by atoms with Crippen LogP contribution in [0.25, 0.3) is 0 Å². The molecule has 2 aromatic rings. The van der Waals surface area contributed by atoms with E-state index in [9.17, 15) is 4.79 Å². The second kappa shape index (κ2) is 10.6. The average Bonchev–Trinajstić information content (AvgIpc) is 3.22. The smallest absolute Gasteiger partial charge is 0.248 e. The number of carbonyl (C=O) groups is 1. The van der Waals surface area contributed by atoms with Gasteiger partial charge >= 0.3 is 0 Å². The summed E-state index contributed by atoms with van der Waals surface area (Å²) in [7, 11) is 4.03. The molecule has 0 aliphatic carbocycles. The topological polar surface area (TPSA) is 42.0 Å². The molecule has 0 bridgehead atoms. The van der Waals surface area contributed by atoms with Gasteiger partial charge in [0.1, 0.15) is 6.61 Å². The maximum Gasteiger partial charge on any atom is 0.248 e. The lowest BCUT2D eigenvalue weighted by Gasteiger charge is -2.26. The Morgan fingerprint density at radius 1 is 1.17 bits per heavy atom. The van der Waals surface area contributed by atoms with Gasteiger partial charge in [0.15, 0.2) is 0 Å². The zero-order valence-electron chi connectivity index (χ0n) is 17.1. The molecular formula is C23H29ClN2O3. The summed E-state index contributed by atoms with van der Waals surface area (Å²) in [5, 5.41) is 0.650. The number of amides is 1. The van der Waals surface area contributed by atoms with Crippen LogP contribution in [0.4, 0.5) is 5.69 Å². The predicted octanol–water partition coefficient (Wildman–Crippen LogP) is 4.13. The molecule has 6 heteroatoms. The van der Waals surface area contributed by atoms with Gasteiger partial charge in [0.2, 0.25) is 5.91 Å². The molecule has 1 aliphatic heterocycles. The Hall–Kier alpha value is -2.08. The maximum absolute atomic E-state index is 12.9. The van der Waals surface area contributed by atoms with Crippen molar-refractivity contribution in [3.63, 3.8) is 0 Å². The Bertz CT molecular complexity index is 789. The maximum atomic E-state index is 12.9. The third-order valence-electron chi connectivity index (χ3n) is 5.07. The molecule has 1 saturated heterocycles. The van der Waals surface area contributed by atoms with E-state index >= 15 is 0 Å². The minimum atomic E-state index is -0.0377. The largest absolute Gasteiger partial charge is 0.378 e. The predicted molar refractivity (Wildman–Crippen MR) is 116 cm³/mol. The lowest BCUT2D eigenvalue weighted by atomic mass is 10.1. The van der Waals surface area contributed by atoms with Crippen LogP contribution >= 0.6 is 11.6 Å². The molecule has 0 radical (unpaired) electrons. The van der Waals surface area contributed by atoms with Crippen molar-refractivity contribution in [3.05, 3.63) is 64.7 Å². The van der Waals surface area contributed by atoms with E-state index in [1.807, 2.05) is 43.3 Å². The minimum Gasteiger partial charge on any atom is -0.378 e. The summed E-state index contributed by atoms with van der Waals surface area (Å²) in [5.41, 5.74) is 3.11. The van der Waals surface area contributed by atoms with Crippen molar-refractivity contribution < 1.29 is 14.3 Å². The fourth-order valence-corrected chi connectivity index (χ4v) is 3.55. The highest BCUT2D eigenvalue weighted by atomic mass is 35.5. The first-order valence-electron chi connectivity index (χ1n) is 9.99. The molecule has 2 aromatic carbocycles. The Kier molecular flexibility index (Phi) is 7.92. The highest BCUT2D eigenvalue weighted by Crippen LogP contribution is 2.18. The lowest BCUT2D eigenvalue weighted by Crippen LogP contribution is -2.39. The number of hydrogen-bond acceptors (Lipinski definition) is 4. The molecule has 1 aliphatic rings. The van der Waals surface area contributed by atoms with Crippen molar-refractivity contribution in [2.75, 3.05) is 38.8 Å². The van der Waals surface area contributed by atoms with E-state index in [-0.39, 0.29) is 18.6 Å². The average molecular weight is 417 g/mol. The van der Waals surface area contributed by atoms with Crippen molar-refractivity contribution in [2.45, 2.75) is 32.1 Å². The van der Waals surface area contributed by atoms with Crippen molar-refractivity contribution in [2.24, 2.45) is 0 Å². The number of nitrogens with zero attached hydrogens (tertiary/aromatic N) is 2. The number of benzene rings is 2. The van der Waals surface area contributed by atoms with Crippen molar-refractivity contribution in [3.8, 4) is 0 Å². The standard InChI is InChI=1S/C23H29ClN2O3/c1-25(2)20-11-9-18(10-12-20)14-26(15-21-7-5-13-29-21)23(27)17-28-16-19-6-3-4-8-22(19)24/h3-4,6,8-12,21H,5,7,13-17H2,1-2H3. The lowest BCUT2D eigenvalue weighted by molar-refractivity contribution is -0.138. The van der Waals surface area contributed by atoms with Gasteiger partial charge in [0.05, 0.1) is 12.7 Å². The number of halogens is 1. The van der Waals surface area contributed by atoms with Gasteiger partial charge in [0.25, 0.3) is 0 Å². The summed E-state index contributed by atoms with van der Waals surface area (Å²) < 4.78 is 11.4. The van der Waals surface area contributed by atoms with Crippen molar-refractivity contribution in [1.82, 2.24) is 4.90 Å². The van der Waals surface area contributed by atoms with Crippen LogP contribution in [0.5, 0.6) is 0 Å². The summed E-state index contributed by atoms with van der Waals surface area (Å²) in [6.07, 6.45) is 2.14. The molecule has 3 rings (SSSR count). The number of rotatable bonds is 9. The molecule has 1 unspecified atom stereocenters. The molecular weight excluding hydrogens is 388 g/mol. The number of carbonyl (C=O) groups excluding carboxylic acids is 1. The van der Waals surface area contributed by atoms with Gasteiger partial charge in [-0.05, 0) is 42.2 Å². The number of ether oxygens (including phenoxy) is 2. The van der Waals surface area contributed by atoms with Crippen LogP contribution < -0.4 is 4.90 Å². The van der Waals surface area contributed by atoms with E-state index in [1.54, 1.807) is 0 Å². The molecule has 1 amide bonds. The first-order chi connectivity index (χ1) is 14.0. The second-order valence-electron chi connectivity index (χ2n) is 7.55. The van der Waals surface area contributed by atoms with E-state index in [1.165, 1.54) is 0 Å². The van der Waals surface area contributed by atoms with Gasteiger partial charge in [-0.25, -0.2) is 0 Å². The molecule has 0 N–H and O–H groups in total. The summed E-state index contributed by atoms with van der Waals surface area (Å²) in [6.45, 7) is 2.24. The SMILES string of the molecule is CN(C)c1ccc(CN(CC2CCCO2)C(=O)COCc2ccccc2Cl)cc1. The molecule has 29 heavy (non-hydrogen) atoms. The van der Waals surface area contributed by atoms with Crippen LogP contribution in [0.3, 0.4) is 0 Å². The van der Waals surface area contributed by atoms with Crippen LogP contribution in [-0.4, -0.2) is 50.8 Å². The summed E-state index contributed by atoms with van der Waals surface area (Å²) >= 11 is 6.16. The van der Waals surface area contributed by atoms with Gasteiger partial charge < -0.3 is 19.3 Å². The highest BCUT2D eigenvalue weighted by Gasteiger charge is 2.23. The van der Waals surface area contributed by atoms with Gasteiger partial charge in [-0.2, -0.15) is 0 Å². The van der Waals surface area contributed by atoms with E-state index < -0.39 is 0 Å². The van der Waals surface area contributed by atoms with Gasteiger partial charge in [-0.1, -0.05) is 41.9 Å². The third kappa shape index (κ3) is 6.46. The number of hydrogen-bond donors (Lipinski definition) is 0. The van der Waals surface area contributed by atoms with Crippen LogP contribution in [0.1, 0.15) is 24.0 Å². The molecule has 0 saturated carbocycles. The molecule has 0 spiro atoms. The van der Waals surface area contributed by atoms with Crippen LogP contribution in [0.15, 0.2) is 48.5 Å². The quantitative estimate of drug-likeness (QED) is 0.616. The zero-order chi connectivity index (χ0) is 20.6. The number of anilines is 1.